The summed E-state index contributed by atoms with van der Waals surface area (Å²) in [7, 11) is 2.25. The molecule has 20 heavy (non-hydrogen) atoms. The molecule has 0 aliphatic carbocycles. The van der Waals surface area contributed by atoms with Crippen LogP contribution in [-0.4, -0.2) is 26.6 Å². The summed E-state index contributed by atoms with van der Waals surface area (Å²) in [6.45, 7) is 0. The molecule has 1 aromatic carbocycles. The first-order chi connectivity index (χ1) is 9.30. The fraction of sp³-hybridized carbons (Fsp3) is 0.333. The summed E-state index contributed by atoms with van der Waals surface area (Å²) in [6.07, 6.45) is -5.23. The van der Waals surface area contributed by atoms with Crippen LogP contribution < -0.4 is 9.47 Å². The fourth-order valence-electron chi connectivity index (χ4n) is 1.49. The number of halogens is 3. The lowest BCUT2D eigenvalue weighted by Gasteiger charge is -2.14. The third-order valence-corrected chi connectivity index (χ3v) is 2.24. The highest BCUT2D eigenvalue weighted by Crippen LogP contribution is 2.36. The van der Waals surface area contributed by atoms with Gasteiger partial charge in [0, 0.05) is 0 Å². The Balaban J connectivity index is 3.28. The van der Waals surface area contributed by atoms with Gasteiger partial charge in [-0.05, 0) is 17.7 Å². The highest BCUT2D eigenvalue weighted by molar-refractivity contribution is 5.73. The lowest BCUT2D eigenvalue weighted by molar-refractivity contribution is -0.275. The van der Waals surface area contributed by atoms with Crippen molar-refractivity contribution in [3.8, 4) is 17.6 Å². The van der Waals surface area contributed by atoms with Crippen molar-refractivity contribution in [3.05, 3.63) is 23.3 Å². The van der Waals surface area contributed by atoms with E-state index < -0.39 is 18.1 Å². The van der Waals surface area contributed by atoms with E-state index in [-0.39, 0.29) is 23.3 Å². The number of hydrogen-bond acceptors (Lipinski definition) is 5. The van der Waals surface area contributed by atoms with Crippen LogP contribution in [0.2, 0.25) is 0 Å². The summed E-state index contributed by atoms with van der Waals surface area (Å²) in [5.74, 6) is -1.69. The quantitative estimate of drug-likeness (QED) is 0.795. The molecule has 0 saturated heterocycles. The van der Waals surface area contributed by atoms with E-state index in [1.54, 1.807) is 6.07 Å². The van der Waals surface area contributed by atoms with Gasteiger partial charge < -0.3 is 14.2 Å². The van der Waals surface area contributed by atoms with Gasteiger partial charge in [0.1, 0.15) is 6.07 Å². The van der Waals surface area contributed by atoms with Crippen LogP contribution in [0.25, 0.3) is 0 Å². The first-order valence-corrected chi connectivity index (χ1v) is 5.24. The summed E-state index contributed by atoms with van der Waals surface area (Å²) in [5.41, 5.74) is -0.0263. The number of benzene rings is 1. The Labute approximate surface area is 112 Å². The number of carbonyl (C=O) groups is 1. The topological polar surface area (TPSA) is 68.6 Å². The standard InChI is InChI=1S/C12H10F3NO4/c1-18-10(17)5-7-3-8(6-16)11(19-2)9(4-7)20-12(13,14)15/h3-4H,5H2,1-2H3. The van der Waals surface area contributed by atoms with Crippen molar-refractivity contribution in [3.63, 3.8) is 0 Å². The van der Waals surface area contributed by atoms with Crippen LogP contribution in [0.3, 0.4) is 0 Å². The summed E-state index contributed by atoms with van der Waals surface area (Å²) in [4.78, 5) is 11.1. The van der Waals surface area contributed by atoms with Crippen LogP contribution in [-0.2, 0) is 16.0 Å². The number of rotatable bonds is 4. The number of carbonyl (C=O) groups excluding carboxylic acids is 1. The van der Waals surface area contributed by atoms with E-state index in [9.17, 15) is 18.0 Å². The number of alkyl halides is 3. The van der Waals surface area contributed by atoms with Crippen molar-refractivity contribution in [2.45, 2.75) is 12.8 Å². The van der Waals surface area contributed by atoms with Gasteiger partial charge in [0.25, 0.3) is 0 Å². The van der Waals surface area contributed by atoms with Crippen LogP contribution in [0.4, 0.5) is 13.2 Å². The Morgan fingerprint density at radius 1 is 1.35 bits per heavy atom. The fourth-order valence-corrected chi connectivity index (χ4v) is 1.49. The first kappa shape index (κ1) is 15.6. The highest BCUT2D eigenvalue weighted by atomic mass is 19.4. The third-order valence-electron chi connectivity index (χ3n) is 2.24. The average Bonchev–Trinajstić information content (AvgIpc) is 2.36. The second-order valence-corrected chi connectivity index (χ2v) is 3.59. The van der Waals surface area contributed by atoms with Crippen molar-refractivity contribution in [1.29, 1.82) is 5.26 Å². The number of hydrogen-bond donors (Lipinski definition) is 0. The monoisotopic (exact) mass is 289 g/mol. The summed E-state index contributed by atoms with van der Waals surface area (Å²) in [6, 6.07) is 3.89. The van der Waals surface area contributed by atoms with Gasteiger partial charge in [0.15, 0.2) is 11.5 Å². The van der Waals surface area contributed by atoms with E-state index in [1.807, 2.05) is 0 Å². The molecular weight excluding hydrogens is 279 g/mol. The van der Waals surface area contributed by atoms with Gasteiger partial charge >= 0.3 is 12.3 Å². The lowest BCUT2D eigenvalue weighted by Crippen LogP contribution is -2.18. The summed E-state index contributed by atoms with van der Waals surface area (Å²) in [5, 5.41) is 8.91. The maximum atomic E-state index is 12.3. The van der Waals surface area contributed by atoms with Crippen LogP contribution in [0.5, 0.6) is 11.5 Å². The number of esters is 1. The molecule has 0 aromatic heterocycles. The van der Waals surface area contributed by atoms with E-state index in [4.69, 9.17) is 10.00 Å². The summed E-state index contributed by atoms with van der Waals surface area (Å²) >= 11 is 0. The minimum absolute atomic E-state index is 0.147. The van der Waals surface area contributed by atoms with Gasteiger partial charge in [-0.25, -0.2) is 0 Å². The molecule has 0 unspecified atom stereocenters. The van der Waals surface area contributed by atoms with E-state index >= 15 is 0 Å². The predicted molar refractivity (Wildman–Crippen MR) is 60.1 cm³/mol. The molecule has 0 fully saturated rings. The average molecular weight is 289 g/mol. The van der Waals surface area contributed by atoms with Gasteiger partial charge in [-0.2, -0.15) is 5.26 Å². The number of ether oxygens (including phenoxy) is 3. The molecule has 0 amide bonds. The van der Waals surface area contributed by atoms with Gasteiger partial charge in [0.2, 0.25) is 0 Å². The second-order valence-electron chi connectivity index (χ2n) is 3.59. The molecule has 0 saturated carbocycles. The van der Waals surface area contributed by atoms with Gasteiger partial charge in [-0.1, -0.05) is 0 Å². The van der Waals surface area contributed by atoms with Crippen LogP contribution in [0.15, 0.2) is 12.1 Å². The van der Waals surface area contributed by atoms with Gasteiger partial charge in [-0.3, -0.25) is 4.79 Å². The van der Waals surface area contributed by atoms with Crippen LogP contribution in [0, 0.1) is 11.3 Å². The molecule has 1 aromatic rings. The number of nitriles is 1. The molecule has 108 valence electrons. The van der Waals surface area contributed by atoms with Gasteiger partial charge in [-0.15, -0.1) is 13.2 Å². The second kappa shape index (κ2) is 6.14. The van der Waals surface area contributed by atoms with Crippen molar-refractivity contribution >= 4 is 5.97 Å². The Bertz CT molecular complexity index is 549. The molecule has 0 aliphatic rings. The number of nitrogens with zero attached hydrogens (tertiary/aromatic N) is 1. The predicted octanol–water partition coefficient (Wildman–Crippen LogP) is 2.18. The largest absolute Gasteiger partial charge is 0.573 e. The molecule has 8 heteroatoms. The lowest BCUT2D eigenvalue weighted by atomic mass is 10.1. The van der Waals surface area contributed by atoms with Crippen molar-refractivity contribution < 1.29 is 32.2 Å². The van der Waals surface area contributed by atoms with Crippen molar-refractivity contribution in [2.75, 3.05) is 14.2 Å². The van der Waals surface area contributed by atoms with Crippen LogP contribution >= 0.6 is 0 Å². The molecule has 0 N–H and O–H groups in total. The smallest absolute Gasteiger partial charge is 0.492 e. The molecule has 0 spiro atoms. The molecule has 0 bridgehead atoms. The van der Waals surface area contributed by atoms with E-state index in [1.165, 1.54) is 6.07 Å². The molecule has 5 nitrogen and oxygen atoms in total. The van der Waals surface area contributed by atoms with E-state index in [0.29, 0.717) is 0 Å². The van der Waals surface area contributed by atoms with Gasteiger partial charge in [0.05, 0.1) is 26.2 Å². The molecule has 0 heterocycles. The zero-order valence-electron chi connectivity index (χ0n) is 10.6. The maximum absolute atomic E-state index is 12.3. The Kier molecular flexibility index (Phi) is 4.80. The maximum Gasteiger partial charge on any atom is 0.573 e. The molecular formula is C12H10F3NO4. The van der Waals surface area contributed by atoms with Crippen molar-refractivity contribution in [1.82, 2.24) is 0 Å². The minimum Gasteiger partial charge on any atom is -0.492 e. The molecule has 0 aliphatic heterocycles. The SMILES string of the molecule is COC(=O)Cc1cc(C#N)c(OC)c(OC(F)(F)F)c1. The first-order valence-electron chi connectivity index (χ1n) is 5.24. The number of methoxy groups -OCH3 is 2. The molecule has 0 radical (unpaired) electrons. The molecule has 0 atom stereocenters. The van der Waals surface area contributed by atoms with Crippen LogP contribution in [0.1, 0.15) is 11.1 Å². The third kappa shape index (κ3) is 4.05. The zero-order valence-corrected chi connectivity index (χ0v) is 10.6. The van der Waals surface area contributed by atoms with Crippen molar-refractivity contribution in [2.24, 2.45) is 0 Å². The normalized spacial score (nSPS) is 10.6. The zero-order chi connectivity index (χ0) is 15.3. The highest BCUT2D eigenvalue weighted by Gasteiger charge is 2.33. The van der Waals surface area contributed by atoms with E-state index in [0.717, 1.165) is 20.3 Å². The Morgan fingerprint density at radius 2 is 2.00 bits per heavy atom. The van der Waals surface area contributed by atoms with E-state index in [2.05, 4.69) is 9.47 Å². The minimum atomic E-state index is -4.94. The Hall–Kier alpha value is -2.43. The Morgan fingerprint density at radius 3 is 2.45 bits per heavy atom. The molecule has 1 rings (SSSR count). The summed E-state index contributed by atoms with van der Waals surface area (Å²) < 4.78 is 49.8.